The molecule has 0 unspecified atom stereocenters. The van der Waals surface area contributed by atoms with Crippen molar-refractivity contribution in [2.24, 2.45) is 4.99 Å². The summed E-state index contributed by atoms with van der Waals surface area (Å²) >= 11 is 0. The Balaban J connectivity index is 2.05. The van der Waals surface area contributed by atoms with Crippen LogP contribution in [0.3, 0.4) is 0 Å². The second-order valence-corrected chi connectivity index (χ2v) is 3.28. The van der Waals surface area contributed by atoms with Crippen molar-refractivity contribution in [3.05, 3.63) is 71.5 Å². The summed E-state index contributed by atoms with van der Waals surface area (Å²) in [5.74, 6) is 0. The van der Waals surface area contributed by atoms with Crippen LogP contribution in [0.25, 0.3) is 0 Å². The summed E-state index contributed by atoms with van der Waals surface area (Å²) in [6.07, 6.45) is 8.14. The summed E-state index contributed by atoms with van der Waals surface area (Å²) in [7, 11) is 0. The quantitative estimate of drug-likeness (QED) is 0.627. The maximum absolute atomic E-state index is 4.39. The Labute approximate surface area is 82.8 Å². The molecule has 0 saturated carbocycles. The Bertz CT molecular complexity index is 487. The fourth-order valence-corrected chi connectivity index (χ4v) is 1.72. The molecule has 1 aliphatic carbocycles. The van der Waals surface area contributed by atoms with E-state index in [0.717, 1.165) is 11.3 Å². The summed E-state index contributed by atoms with van der Waals surface area (Å²) in [6, 6.07) is 11.1. The lowest BCUT2D eigenvalue weighted by Gasteiger charge is -2.01. The normalized spacial score (nSPS) is 17.6. The van der Waals surface area contributed by atoms with E-state index in [9.17, 15) is 0 Å². The Morgan fingerprint density at radius 3 is 3.07 bits per heavy atom. The molecule has 3 rings (SSSR count). The molecule has 0 aromatic heterocycles. The topological polar surface area (TPSA) is 12.4 Å². The Morgan fingerprint density at radius 1 is 1.21 bits per heavy atom. The van der Waals surface area contributed by atoms with Gasteiger partial charge in [0.25, 0.3) is 0 Å². The number of benzene rings is 1. The molecule has 1 aromatic rings. The zero-order valence-electron chi connectivity index (χ0n) is 7.57. The number of fused-ring (bicyclic) bond motifs is 1. The molecule has 0 bridgehead atoms. The molecule has 0 amide bonds. The molecule has 2 aliphatic rings. The zero-order valence-corrected chi connectivity index (χ0v) is 7.57. The van der Waals surface area contributed by atoms with Gasteiger partial charge in [-0.3, -0.25) is 4.99 Å². The molecule has 1 radical (unpaired) electrons. The van der Waals surface area contributed by atoms with E-state index in [0.29, 0.717) is 0 Å². The Morgan fingerprint density at radius 2 is 2.21 bits per heavy atom. The molecule has 1 heteroatoms. The lowest BCUT2D eigenvalue weighted by molar-refractivity contribution is 1.56. The van der Waals surface area contributed by atoms with E-state index in [1.165, 1.54) is 11.1 Å². The van der Waals surface area contributed by atoms with E-state index in [4.69, 9.17) is 0 Å². The number of rotatable bonds is 1. The molecule has 14 heavy (non-hydrogen) atoms. The molecule has 0 spiro atoms. The van der Waals surface area contributed by atoms with Gasteiger partial charge in [-0.2, -0.15) is 0 Å². The van der Waals surface area contributed by atoms with Crippen LogP contribution < -0.4 is 0 Å². The molecule has 65 valence electrons. The second-order valence-electron chi connectivity index (χ2n) is 3.28. The standard InChI is InChI=1S/C13H8N/c1-2-5-10(6-3-1)13-12-8-4-7-11(12)9-14-13/h1-5,7-9H. The first-order chi connectivity index (χ1) is 6.95. The fourth-order valence-electron chi connectivity index (χ4n) is 1.72. The van der Waals surface area contributed by atoms with Crippen molar-refractivity contribution in [2.75, 3.05) is 0 Å². The minimum absolute atomic E-state index is 1.03. The second kappa shape index (κ2) is 2.81. The maximum Gasteiger partial charge on any atom is 0.0787 e. The summed E-state index contributed by atoms with van der Waals surface area (Å²) in [5, 5.41) is 0. The fraction of sp³-hybridized carbons (Fsp3) is 0. The molecule has 1 aliphatic heterocycles. The van der Waals surface area contributed by atoms with E-state index >= 15 is 0 Å². The largest absolute Gasteiger partial charge is 0.255 e. The first kappa shape index (κ1) is 7.51. The van der Waals surface area contributed by atoms with Crippen LogP contribution in [0.5, 0.6) is 0 Å². The van der Waals surface area contributed by atoms with Crippen molar-refractivity contribution < 1.29 is 0 Å². The van der Waals surface area contributed by atoms with Gasteiger partial charge in [-0.15, -0.1) is 0 Å². The Kier molecular flexibility index (Phi) is 1.51. The van der Waals surface area contributed by atoms with Gasteiger partial charge >= 0.3 is 0 Å². The molecule has 0 saturated heterocycles. The molecule has 0 fully saturated rings. The van der Waals surface area contributed by atoms with Gasteiger partial charge in [-0.05, 0) is 6.07 Å². The van der Waals surface area contributed by atoms with E-state index in [1.54, 1.807) is 0 Å². The van der Waals surface area contributed by atoms with Gasteiger partial charge in [0, 0.05) is 22.9 Å². The highest BCUT2D eigenvalue weighted by Gasteiger charge is 2.18. The zero-order chi connectivity index (χ0) is 9.38. The molecule has 1 nitrogen and oxygen atoms in total. The third-order valence-corrected chi connectivity index (χ3v) is 2.40. The van der Waals surface area contributed by atoms with E-state index in [2.05, 4.69) is 29.3 Å². The van der Waals surface area contributed by atoms with Gasteiger partial charge in [-0.25, -0.2) is 0 Å². The van der Waals surface area contributed by atoms with Gasteiger partial charge in [0.2, 0.25) is 0 Å². The summed E-state index contributed by atoms with van der Waals surface area (Å²) in [6.45, 7) is 0. The van der Waals surface area contributed by atoms with Gasteiger partial charge < -0.3 is 0 Å². The monoisotopic (exact) mass is 178 g/mol. The van der Waals surface area contributed by atoms with E-state index in [1.807, 2.05) is 30.5 Å². The van der Waals surface area contributed by atoms with Crippen molar-refractivity contribution >= 4 is 5.71 Å². The van der Waals surface area contributed by atoms with Gasteiger partial charge in [0.05, 0.1) is 5.71 Å². The summed E-state index contributed by atoms with van der Waals surface area (Å²) < 4.78 is 0. The van der Waals surface area contributed by atoms with Crippen molar-refractivity contribution in [2.45, 2.75) is 0 Å². The van der Waals surface area contributed by atoms with Crippen molar-refractivity contribution in [1.82, 2.24) is 0 Å². The lowest BCUT2D eigenvalue weighted by atomic mass is 10.0. The van der Waals surface area contributed by atoms with Crippen LogP contribution in [0, 0.1) is 6.07 Å². The van der Waals surface area contributed by atoms with Gasteiger partial charge in [0.15, 0.2) is 0 Å². The molecular formula is C13H8N. The first-order valence-electron chi connectivity index (χ1n) is 4.59. The van der Waals surface area contributed by atoms with Crippen molar-refractivity contribution in [1.29, 1.82) is 0 Å². The van der Waals surface area contributed by atoms with Crippen LogP contribution >= 0.6 is 0 Å². The van der Waals surface area contributed by atoms with Crippen LogP contribution in [0.1, 0.15) is 5.56 Å². The van der Waals surface area contributed by atoms with Crippen LogP contribution in [0.4, 0.5) is 0 Å². The lowest BCUT2D eigenvalue weighted by Crippen LogP contribution is -2.00. The predicted molar refractivity (Wildman–Crippen MR) is 57.1 cm³/mol. The number of hydrogen-bond donors (Lipinski definition) is 0. The average molecular weight is 178 g/mol. The van der Waals surface area contributed by atoms with Crippen molar-refractivity contribution in [3.63, 3.8) is 0 Å². The van der Waals surface area contributed by atoms with Crippen LogP contribution in [-0.4, -0.2) is 5.71 Å². The minimum Gasteiger partial charge on any atom is -0.255 e. The van der Waals surface area contributed by atoms with Gasteiger partial charge in [0.1, 0.15) is 0 Å². The SMILES string of the molecule is [c]1ccccc1C1=NC=C2C=CC=C21. The first-order valence-corrected chi connectivity index (χ1v) is 4.59. The van der Waals surface area contributed by atoms with E-state index in [-0.39, 0.29) is 0 Å². The summed E-state index contributed by atoms with van der Waals surface area (Å²) in [4.78, 5) is 4.39. The smallest absolute Gasteiger partial charge is 0.0787 e. The highest BCUT2D eigenvalue weighted by Crippen LogP contribution is 2.27. The van der Waals surface area contributed by atoms with Crippen LogP contribution in [0.15, 0.2) is 64.8 Å². The number of hydrogen-bond acceptors (Lipinski definition) is 1. The van der Waals surface area contributed by atoms with Crippen LogP contribution in [-0.2, 0) is 0 Å². The third kappa shape index (κ3) is 0.990. The predicted octanol–water partition coefficient (Wildman–Crippen LogP) is 2.67. The summed E-state index contributed by atoms with van der Waals surface area (Å²) in [5.41, 5.74) is 4.52. The third-order valence-electron chi connectivity index (χ3n) is 2.40. The van der Waals surface area contributed by atoms with E-state index < -0.39 is 0 Å². The molecule has 1 heterocycles. The van der Waals surface area contributed by atoms with Crippen LogP contribution in [0.2, 0.25) is 0 Å². The van der Waals surface area contributed by atoms with Crippen molar-refractivity contribution in [3.8, 4) is 0 Å². The Hall–Kier alpha value is -1.89. The van der Waals surface area contributed by atoms with Gasteiger partial charge in [-0.1, -0.05) is 42.5 Å². The number of nitrogens with zero attached hydrogens (tertiary/aromatic N) is 1. The number of allylic oxidation sites excluding steroid dienone is 5. The molecular weight excluding hydrogens is 170 g/mol. The maximum atomic E-state index is 4.39. The highest BCUT2D eigenvalue weighted by atomic mass is 14.7. The molecule has 0 atom stereocenters. The minimum atomic E-state index is 1.03. The number of aliphatic imine (C=N–C) groups is 1. The molecule has 0 N–H and O–H groups in total. The molecule has 1 aromatic carbocycles. The average Bonchev–Trinajstić information content (AvgIpc) is 2.79. The highest BCUT2D eigenvalue weighted by molar-refractivity contribution is 6.18.